The lowest BCUT2D eigenvalue weighted by Gasteiger charge is -2.40. The van der Waals surface area contributed by atoms with E-state index in [1.165, 1.54) is 58.4 Å². The van der Waals surface area contributed by atoms with Crippen LogP contribution in [0.4, 0.5) is 0 Å². The number of piperidine rings is 1. The molecule has 20 heavy (non-hydrogen) atoms. The van der Waals surface area contributed by atoms with Crippen molar-refractivity contribution >= 4 is 0 Å². The zero-order valence-corrected chi connectivity index (χ0v) is 14.1. The highest BCUT2D eigenvalue weighted by Crippen LogP contribution is 2.21. The van der Waals surface area contributed by atoms with Gasteiger partial charge in [0.2, 0.25) is 0 Å². The van der Waals surface area contributed by atoms with Crippen molar-refractivity contribution in [2.75, 3.05) is 39.8 Å². The third-order valence-corrected chi connectivity index (χ3v) is 5.20. The normalized spacial score (nSPS) is 31.1. The van der Waals surface area contributed by atoms with E-state index in [4.69, 9.17) is 0 Å². The van der Waals surface area contributed by atoms with E-state index in [-0.39, 0.29) is 0 Å². The number of piperazine rings is 1. The first kappa shape index (κ1) is 16.3. The summed E-state index contributed by atoms with van der Waals surface area (Å²) in [5.41, 5.74) is 0. The molecule has 0 spiro atoms. The van der Waals surface area contributed by atoms with Crippen LogP contribution in [0.3, 0.4) is 0 Å². The van der Waals surface area contributed by atoms with Crippen molar-refractivity contribution in [2.45, 2.75) is 58.5 Å². The fraction of sp³-hybridized carbons (Fsp3) is 1.00. The molecule has 2 aliphatic rings. The van der Waals surface area contributed by atoms with Gasteiger partial charge in [-0.2, -0.15) is 0 Å². The maximum atomic E-state index is 3.73. The number of nitrogens with zero attached hydrogens (tertiary/aromatic N) is 2. The van der Waals surface area contributed by atoms with Gasteiger partial charge in [-0.1, -0.05) is 13.8 Å². The molecule has 3 nitrogen and oxygen atoms in total. The minimum Gasteiger partial charge on any atom is -0.311 e. The molecule has 2 unspecified atom stereocenters. The lowest BCUT2D eigenvalue weighted by Crippen LogP contribution is -2.56. The van der Waals surface area contributed by atoms with E-state index < -0.39 is 0 Å². The predicted octanol–water partition coefficient (Wildman–Crippen LogP) is 2.43. The van der Waals surface area contributed by atoms with Crippen molar-refractivity contribution in [3.8, 4) is 0 Å². The van der Waals surface area contributed by atoms with Gasteiger partial charge in [0.15, 0.2) is 0 Å². The third kappa shape index (κ3) is 5.01. The summed E-state index contributed by atoms with van der Waals surface area (Å²) in [6, 6.07) is 1.42. The van der Waals surface area contributed by atoms with Crippen LogP contribution in [0.15, 0.2) is 0 Å². The molecule has 0 aromatic carbocycles. The maximum absolute atomic E-state index is 3.73. The van der Waals surface area contributed by atoms with E-state index in [1.807, 2.05) is 0 Å². The van der Waals surface area contributed by atoms with Crippen molar-refractivity contribution in [2.24, 2.45) is 11.8 Å². The quantitative estimate of drug-likeness (QED) is 0.835. The van der Waals surface area contributed by atoms with Crippen molar-refractivity contribution in [1.29, 1.82) is 0 Å². The number of hydrogen-bond acceptors (Lipinski definition) is 3. The highest BCUT2D eigenvalue weighted by atomic mass is 15.2. The van der Waals surface area contributed by atoms with Crippen LogP contribution in [0.1, 0.15) is 46.5 Å². The van der Waals surface area contributed by atoms with Crippen LogP contribution in [-0.4, -0.2) is 61.7 Å². The van der Waals surface area contributed by atoms with Crippen LogP contribution in [0.5, 0.6) is 0 Å². The second kappa shape index (κ2) is 7.77. The van der Waals surface area contributed by atoms with Crippen molar-refractivity contribution in [3.63, 3.8) is 0 Å². The van der Waals surface area contributed by atoms with Gasteiger partial charge in [-0.25, -0.2) is 0 Å². The molecule has 2 atom stereocenters. The molecule has 0 saturated carbocycles. The molecule has 3 heteroatoms. The monoisotopic (exact) mass is 281 g/mol. The molecule has 0 aliphatic carbocycles. The Hall–Kier alpha value is -0.120. The van der Waals surface area contributed by atoms with Crippen LogP contribution in [0, 0.1) is 11.8 Å². The smallest absolute Gasteiger partial charge is 0.0198 e. The van der Waals surface area contributed by atoms with Crippen LogP contribution >= 0.6 is 0 Å². The second-order valence-corrected chi connectivity index (χ2v) is 7.61. The van der Waals surface area contributed by atoms with Gasteiger partial charge < -0.3 is 10.2 Å². The molecular weight excluding hydrogens is 246 g/mol. The third-order valence-electron chi connectivity index (χ3n) is 5.20. The average Bonchev–Trinajstić information content (AvgIpc) is 2.40. The van der Waals surface area contributed by atoms with E-state index in [2.05, 4.69) is 42.9 Å². The summed E-state index contributed by atoms with van der Waals surface area (Å²) in [4.78, 5) is 5.21. The zero-order valence-electron chi connectivity index (χ0n) is 14.1. The Morgan fingerprint density at radius 1 is 1.20 bits per heavy atom. The fourth-order valence-corrected chi connectivity index (χ4v) is 3.73. The first-order valence-corrected chi connectivity index (χ1v) is 8.70. The molecule has 0 radical (unpaired) electrons. The highest BCUT2D eigenvalue weighted by molar-refractivity contribution is 4.85. The number of rotatable bonds is 5. The van der Waals surface area contributed by atoms with Crippen molar-refractivity contribution < 1.29 is 0 Å². The molecular formula is C17H35N3. The molecule has 1 N–H and O–H groups in total. The van der Waals surface area contributed by atoms with Crippen LogP contribution in [0.2, 0.25) is 0 Å². The molecule has 0 aromatic rings. The second-order valence-electron chi connectivity index (χ2n) is 7.61. The summed E-state index contributed by atoms with van der Waals surface area (Å²) in [5, 5.41) is 3.73. The first-order chi connectivity index (χ1) is 9.54. The molecule has 2 aliphatic heterocycles. The Bertz CT molecular complexity index is 271. The van der Waals surface area contributed by atoms with Gasteiger partial charge in [0.1, 0.15) is 0 Å². The molecule has 2 saturated heterocycles. The van der Waals surface area contributed by atoms with Gasteiger partial charge in [0.05, 0.1) is 0 Å². The summed E-state index contributed by atoms with van der Waals surface area (Å²) in [7, 11) is 2.26. The van der Waals surface area contributed by atoms with Crippen molar-refractivity contribution in [1.82, 2.24) is 15.1 Å². The number of hydrogen-bond donors (Lipinski definition) is 1. The van der Waals surface area contributed by atoms with E-state index in [0.717, 1.165) is 11.8 Å². The highest BCUT2D eigenvalue weighted by Gasteiger charge is 2.26. The molecule has 118 valence electrons. The van der Waals surface area contributed by atoms with Crippen LogP contribution in [-0.2, 0) is 0 Å². The molecule has 0 bridgehead atoms. The summed E-state index contributed by atoms with van der Waals surface area (Å²) in [6.07, 6.45) is 5.54. The van der Waals surface area contributed by atoms with Gasteiger partial charge in [-0.05, 0) is 71.1 Å². The molecule has 2 heterocycles. The van der Waals surface area contributed by atoms with E-state index in [1.54, 1.807) is 0 Å². The summed E-state index contributed by atoms with van der Waals surface area (Å²) < 4.78 is 0. The SMILES string of the molecule is CC(C)CC1CN(CCC2CCN(C)CC2)C(C)CN1. The van der Waals surface area contributed by atoms with Gasteiger partial charge >= 0.3 is 0 Å². The minimum atomic E-state index is 0.712. The topological polar surface area (TPSA) is 18.5 Å². The average molecular weight is 281 g/mol. The zero-order chi connectivity index (χ0) is 14.5. The summed E-state index contributed by atoms with van der Waals surface area (Å²) in [6.45, 7) is 13.4. The summed E-state index contributed by atoms with van der Waals surface area (Å²) >= 11 is 0. The van der Waals surface area contributed by atoms with Gasteiger partial charge in [0, 0.05) is 25.2 Å². The Balaban J connectivity index is 1.72. The van der Waals surface area contributed by atoms with Crippen molar-refractivity contribution in [3.05, 3.63) is 0 Å². The molecule has 2 rings (SSSR count). The number of likely N-dealkylation sites (tertiary alicyclic amines) is 1. The maximum Gasteiger partial charge on any atom is 0.0198 e. The Morgan fingerprint density at radius 2 is 1.90 bits per heavy atom. The van der Waals surface area contributed by atoms with Crippen LogP contribution < -0.4 is 5.32 Å². The van der Waals surface area contributed by atoms with E-state index in [9.17, 15) is 0 Å². The Morgan fingerprint density at radius 3 is 2.55 bits per heavy atom. The minimum absolute atomic E-state index is 0.712. The Kier molecular flexibility index (Phi) is 6.31. The van der Waals surface area contributed by atoms with Gasteiger partial charge in [-0.3, -0.25) is 4.90 Å². The van der Waals surface area contributed by atoms with E-state index in [0.29, 0.717) is 12.1 Å². The fourth-order valence-electron chi connectivity index (χ4n) is 3.73. The van der Waals surface area contributed by atoms with Gasteiger partial charge in [0.25, 0.3) is 0 Å². The largest absolute Gasteiger partial charge is 0.311 e. The standard InChI is InChI=1S/C17H35N3/c1-14(2)11-17-13-20(15(3)12-18-17)10-7-16-5-8-19(4)9-6-16/h14-18H,5-13H2,1-4H3. The van der Waals surface area contributed by atoms with Crippen LogP contribution in [0.25, 0.3) is 0 Å². The molecule has 0 aromatic heterocycles. The summed E-state index contributed by atoms with van der Waals surface area (Å²) in [5.74, 6) is 1.77. The van der Waals surface area contributed by atoms with Gasteiger partial charge in [-0.15, -0.1) is 0 Å². The number of nitrogens with one attached hydrogen (secondary N) is 1. The van der Waals surface area contributed by atoms with E-state index >= 15 is 0 Å². The lowest BCUT2D eigenvalue weighted by atomic mass is 9.93. The predicted molar refractivity (Wildman–Crippen MR) is 87.1 cm³/mol. The Labute approximate surface area is 126 Å². The molecule has 2 fully saturated rings. The first-order valence-electron chi connectivity index (χ1n) is 8.70. The molecule has 0 amide bonds. The lowest BCUT2D eigenvalue weighted by molar-refractivity contribution is 0.115.